The molecule has 0 saturated heterocycles. The number of aryl methyl sites for hydroxylation is 1. The largest absolute Gasteiger partial charge is 0.313 e. The lowest BCUT2D eigenvalue weighted by Gasteiger charge is -2.26. The highest BCUT2D eigenvalue weighted by Gasteiger charge is 2.24. The van der Waals surface area contributed by atoms with Gasteiger partial charge in [0, 0.05) is 18.6 Å². The molecule has 0 bridgehead atoms. The van der Waals surface area contributed by atoms with Crippen molar-refractivity contribution in [3.63, 3.8) is 0 Å². The molecule has 5 heteroatoms. The van der Waals surface area contributed by atoms with Crippen molar-refractivity contribution in [1.82, 2.24) is 10.0 Å². The molecule has 1 aromatic carbocycles. The molecule has 4 nitrogen and oxygen atoms in total. The summed E-state index contributed by atoms with van der Waals surface area (Å²) >= 11 is 0. The Morgan fingerprint density at radius 3 is 2.80 bits per heavy atom. The first-order valence-electron chi connectivity index (χ1n) is 7.29. The third-order valence-corrected chi connectivity index (χ3v) is 5.00. The summed E-state index contributed by atoms with van der Waals surface area (Å²) in [6, 6.07) is 8.36. The third kappa shape index (κ3) is 4.30. The highest BCUT2D eigenvalue weighted by molar-refractivity contribution is 7.89. The van der Waals surface area contributed by atoms with Crippen molar-refractivity contribution in [2.75, 3.05) is 12.3 Å². The second kappa shape index (κ2) is 6.70. The zero-order valence-electron chi connectivity index (χ0n) is 12.2. The first kappa shape index (κ1) is 15.5. The summed E-state index contributed by atoms with van der Waals surface area (Å²) in [6.45, 7) is 4.51. The number of fused-ring (bicyclic) bond motifs is 1. The first-order chi connectivity index (χ1) is 9.48. The first-order valence-corrected chi connectivity index (χ1v) is 8.94. The van der Waals surface area contributed by atoms with Gasteiger partial charge in [-0.3, -0.25) is 0 Å². The van der Waals surface area contributed by atoms with Crippen molar-refractivity contribution in [2.24, 2.45) is 0 Å². The third-order valence-electron chi connectivity index (χ3n) is 3.61. The van der Waals surface area contributed by atoms with E-state index in [-0.39, 0.29) is 11.8 Å². The Morgan fingerprint density at radius 2 is 2.05 bits per heavy atom. The van der Waals surface area contributed by atoms with Crippen LogP contribution in [-0.2, 0) is 16.4 Å². The minimum atomic E-state index is -3.23. The predicted octanol–water partition coefficient (Wildman–Crippen LogP) is 1.98. The summed E-state index contributed by atoms with van der Waals surface area (Å²) in [5, 5.41) is 3.14. The van der Waals surface area contributed by atoms with Gasteiger partial charge in [0.2, 0.25) is 10.0 Å². The number of benzene rings is 1. The molecule has 0 radical (unpaired) electrons. The van der Waals surface area contributed by atoms with Crippen LogP contribution in [0.3, 0.4) is 0 Å². The van der Waals surface area contributed by atoms with Crippen LogP contribution in [0.15, 0.2) is 24.3 Å². The van der Waals surface area contributed by atoms with E-state index >= 15 is 0 Å². The fourth-order valence-corrected chi connectivity index (χ4v) is 3.82. The molecule has 0 aromatic heterocycles. The number of rotatable bonds is 6. The lowest BCUT2D eigenvalue weighted by Crippen LogP contribution is -2.37. The number of hydrogen-bond acceptors (Lipinski definition) is 3. The molecule has 0 heterocycles. The summed E-state index contributed by atoms with van der Waals surface area (Å²) < 4.78 is 27.1. The predicted molar refractivity (Wildman–Crippen MR) is 82.2 cm³/mol. The number of sulfonamides is 1. The fraction of sp³-hybridized carbons (Fsp3) is 0.600. The minimum absolute atomic E-state index is 0.0657. The lowest BCUT2D eigenvalue weighted by molar-refractivity contribution is 0.504. The van der Waals surface area contributed by atoms with E-state index in [4.69, 9.17) is 0 Å². The Balaban J connectivity index is 2.00. The van der Waals surface area contributed by atoms with E-state index in [1.54, 1.807) is 0 Å². The molecular weight excluding hydrogens is 272 g/mol. The SMILES string of the molecule is CC(C)NCCS(=O)(=O)NC1CCCc2ccccc21. The molecule has 0 amide bonds. The van der Waals surface area contributed by atoms with Crippen molar-refractivity contribution in [1.29, 1.82) is 0 Å². The summed E-state index contributed by atoms with van der Waals surface area (Å²) in [5.41, 5.74) is 2.41. The quantitative estimate of drug-likeness (QED) is 0.844. The van der Waals surface area contributed by atoms with E-state index < -0.39 is 10.0 Å². The minimum Gasteiger partial charge on any atom is -0.313 e. The molecule has 1 aliphatic carbocycles. The second-order valence-electron chi connectivity index (χ2n) is 5.69. The van der Waals surface area contributed by atoms with Crippen molar-refractivity contribution in [2.45, 2.75) is 45.2 Å². The Bertz CT molecular complexity index is 541. The monoisotopic (exact) mass is 296 g/mol. The van der Waals surface area contributed by atoms with Gasteiger partial charge in [0.25, 0.3) is 0 Å². The van der Waals surface area contributed by atoms with Gasteiger partial charge >= 0.3 is 0 Å². The summed E-state index contributed by atoms with van der Waals surface area (Å²) in [6.07, 6.45) is 2.96. The average Bonchev–Trinajstić information content (AvgIpc) is 2.38. The Morgan fingerprint density at radius 1 is 1.30 bits per heavy atom. The zero-order chi connectivity index (χ0) is 14.6. The van der Waals surface area contributed by atoms with Gasteiger partial charge in [0.05, 0.1) is 5.75 Å². The molecule has 0 saturated carbocycles. The summed E-state index contributed by atoms with van der Waals surface area (Å²) in [4.78, 5) is 0. The molecule has 112 valence electrons. The normalized spacial score (nSPS) is 19.1. The van der Waals surface area contributed by atoms with Gasteiger partial charge in [0.15, 0.2) is 0 Å². The average molecular weight is 296 g/mol. The molecule has 0 spiro atoms. The van der Waals surface area contributed by atoms with Crippen LogP contribution in [0.25, 0.3) is 0 Å². The second-order valence-corrected chi connectivity index (χ2v) is 7.56. The molecule has 1 aromatic rings. The highest BCUT2D eigenvalue weighted by atomic mass is 32.2. The van der Waals surface area contributed by atoms with Crippen LogP contribution >= 0.6 is 0 Å². The maximum Gasteiger partial charge on any atom is 0.213 e. The maximum atomic E-state index is 12.1. The number of hydrogen-bond donors (Lipinski definition) is 2. The summed E-state index contributed by atoms with van der Waals surface area (Å²) in [7, 11) is -3.23. The van der Waals surface area contributed by atoms with Gasteiger partial charge in [-0.25, -0.2) is 13.1 Å². The molecular formula is C15H24N2O2S. The van der Waals surface area contributed by atoms with E-state index in [2.05, 4.69) is 16.1 Å². The Hall–Kier alpha value is -0.910. The van der Waals surface area contributed by atoms with E-state index in [1.807, 2.05) is 32.0 Å². The highest BCUT2D eigenvalue weighted by Crippen LogP contribution is 2.29. The van der Waals surface area contributed by atoms with Crippen LogP contribution in [0.2, 0.25) is 0 Å². The lowest BCUT2D eigenvalue weighted by atomic mass is 9.88. The molecule has 0 aliphatic heterocycles. The van der Waals surface area contributed by atoms with Crippen molar-refractivity contribution >= 4 is 10.0 Å². The fourth-order valence-electron chi connectivity index (χ4n) is 2.63. The molecule has 20 heavy (non-hydrogen) atoms. The van der Waals surface area contributed by atoms with Gasteiger partial charge in [-0.05, 0) is 30.4 Å². The standard InChI is InChI=1S/C15H24N2O2S/c1-12(2)16-10-11-20(18,19)17-15-9-5-7-13-6-3-4-8-14(13)15/h3-4,6,8,12,15-17H,5,7,9-11H2,1-2H3. The summed E-state index contributed by atoms with van der Waals surface area (Å²) in [5.74, 6) is 0.129. The number of nitrogens with one attached hydrogen (secondary N) is 2. The van der Waals surface area contributed by atoms with Crippen LogP contribution in [0, 0.1) is 0 Å². The molecule has 1 unspecified atom stereocenters. The van der Waals surface area contributed by atoms with Gasteiger partial charge in [-0.1, -0.05) is 38.1 Å². The van der Waals surface area contributed by atoms with Gasteiger partial charge in [-0.15, -0.1) is 0 Å². The molecule has 1 atom stereocenters. The van der Waals surface area contributed by atoms with E-state index in [0.717, 1.165) is 24.8 Å². The zero-order valence-corrected chi connectivity index (χ0v) is 13.0. The Kier molecular flexibility index (Phi) is 5.18. The topological polar surface area (TPSA) is 58.2 Å². The van der Waals surface area contributed by atoms with Gasteiger partial charge in [-0.2, -0.15) is 0 Å². The van der Waals surface area contributed by atoms with Gasteiger partial charge < -0.3 is 5.32 Å². The van der Waals surface area contributed by atoms with E-state index in [1.165, 1.54) is 5.56 Å². The van der Waals surface area contributed by atoms with Crippen LogP contribution in [0.5, 0.6) is 0 Å². The molecule has 1 aliphatic rings. The van der Waals surface area contributed by atoms with Crippen LogP contribution < -0.4 is 10.0 Å². The Labute approximate surface area is 122 Å². The van der Waals surface area contributed by atoms with Crippen LogP contribution in [0.1, 0.15) is 43.9 Å². The van der Waals surface area contributed by atoms with Crippen LogP contribution in [-0.4, -0.2) is 26.8 Å². The van der Waals surface area contributed by atoms with Gasteiger partial charge in [0.1, 0.15) is 0 Å². The molecule has 0 fully saturated rings. The van der Waals surface area contributed by atoms with E-state index in [0.29, 0.717) is 12.6 Å². The van der Waals surface area contributed by atoms with Crippen molar-refractivity contribution in [3.8, 4) is 0 Å². The van der Waals surface area contributed by atoms with Crippen molar-refractivity contribution in [3.05, 3.63) is 35.4 Å². The maximum absolute atomic E-state index is 12.1. The van der Waals surface area contributed by atoms with Crippen LogP contribution in [0.4, 0.5) is 0 Å². The van der Waals surface area contributed by atoms with Crippen molar-refractivity contribution < 1.29 is 8.42 Å². The smallest absolute Gasteiger partial charge is 0.213 e. The molecule has 2 N–H and O–H groups in total. The molecule has 2 rings (SSSR count). The van der Waals surface area contributed by atoms with E-state index in [9.17, 15) is 8.42 Å².